The SMILES string of the molecule is CC1CCCN(c2ncc(-c3cnccn3)c(-c3ccoc3)n2)C1. The van der Waals surface area contributed by atoms with Gasteiger partial charge in [0.2, 0.25) is 5.95 Å². The van der Waals surface area contributed by atoms with Gasteiger partial charge in [-0.05, 0) is 24.8 Å². The van der Waals surface area contributed by atoms with Gasteiger partial charge < -0.3 is 9.32 Å². The van der Waals surface area contributed by atoms with Crippen molar-refractivity contribution in [1.29, 1.82) is 0 Å². The Bertz CT molecular complexity index is 804. The molecule has 1 aliphatic heterocycles. The van der Waals surface area contributed by atoms with Gasteiger partial charge in [0.1, 0.15) is 0 Å². The molecule has 0 saturated carbocycles. The summed E-state index contributed by atoms with van der Waals surface area (Å²) >= 11 is 0. The molecule has 1 aliphatic rings. The normalized spacial score (nSPS) is 17.9. The van der Waals surface area contributed by atoms with Gasteiger partial charge in [0.15, 0.2) is 0 Å². The van der Waals surface area contributed by atoms with E-state index in [2.05, 4.69) is 26.8 Å². The Balaban J connectivity index is 1.78. The highest BCUT2D eigenvalue weighted by molar-refractivity contribution is 5.78. The molecule has 1 fully saturated rings. The Morgan fingerprint density at radius 1 is 1.21 bits per heavy atom. The summed E-state index contributed by atoms with van der Waals surface area (Å²) in [6, 6.07) is 1.91. The Labute approximate surface area is 140 Å². The highest BCUT2D eigenvalue weighted by atomic mass is 16.3. The molecule has 0 aromatic carbocycles. The summed E-state index contributed by atoms with van der Waals surface area (Å²) in [6.07, 6.45) is 12.7. The summed E-state index contributed by atoms with van der Waals surface area (Å²) in [4.78, 5) is 20.2. The van der Waals surface area contributed by atoms with E-state index in [4.69, 9.17) is 9.40 Å². The number of furan rings is 1. The van der Waals surface area contributed by atoms with Crippen LogP contribution in [0.5, 0.6) is 0 Å². The molecule has 0 amide bonds. The molecule has 4 rings (SSSR count). The molecule has 0 radical (unpaired) electrons. The summed E-state index contributed by atoms with van der Waals surface area (Å²) in [5.74, 6) is 1.43. The van der Waals surface area contributed by atoms with Crippen molar-refractivity contribution in [3.8, 4) is 22.5 Å². The summed E-state index contributed by atoms with van der Waals surface area (Å²) < 4.78 is 5.25. The van der Waals surface area contributed by atoms with Crippen LogP contribution >= 0.6 is 0 Å². The molecular weight excluding hydrogens is 302 g/mol. The van der Waals surface area contributed by atoms with Crippen molar-refractivity contribution in [3.63, 3.8) is 0 Å². The molecule has 122 valence electrons. The van der Waals surface area contributed by atoms with E-state index < -0.39 is 0 Å². The zero-order valence-electron chi connectivity index (χ0n) is 13.6. The third-order valence-corrected chi connectivity index (χ3v) is 4.35. The van der Waals surface area contributed by atoms with Gasteiger partial charge in [0.05, 0.1) is 30.1 Å². The molecule has 0 aliphatic carbocycles. The summed E-state index contributed by atoms with van der Waals surface area (Å²) in [5, 5.41) is 0. The van der Waals surface area contributed by atoms with Crippen molar-refractivity contribution >= 4 is 5.95 Å². The number of hydrogen-bond acceptors (Lipinski definition) is 6. The van der Waals surface area contributed by atoms with Crippen molar-refractivity contribution in [3.05, 3.63) is 43.4 Å². The molecule has 3 aromatic rings. The Morgan fingerprint density at radius 3 is 2.92 bits per heavy atom. The van der Waals surface area contributed by atoms with Crippen LogP contribution in [0.2, 0.25) is 0 Å². The van der Waals surface area contributed by atoms with Gasteiger partial charge >= 0.3 is 0 Å². The Kier molecular flexibility index (Phi) is 3.94. The second kappa shape index (κ2) is 6.39. The van der Waals surface area contributed by atoms with Crippen LogP contribution < -0.4 is 4.90 Å². The topological polar surface area (TPSA) is 67.9 Å². The number of anilines is 1. The van der Waals surface area contributed by atoms with E-state index in [0.29, 0.717) is 5.92 Å². The Hall–Kier alpha value is -2.76. The van der Waals surface area contributed by atoms with Crippen LogP contribution in [0.1, 0.15) is 19.8 Å². The van der Waals surface area contributed by atoms with E-state index in [1.807, 2.05) is 12.3 Å². The lowest BCUT2D eigenvalue weighted by Crippen LogP contribution is -2.35. The molecule has 24 heavy (non-hydrogen) atoms. The average molecular weight is 321 g/mol. The maximum atomic E-state index is 5.25. The smallest absolute Gasteiger partial charge is 0.225 e. The fourth-order valence-electron chi connectivity index (χ4n) is 3.14. The van der Waals surface area contributed by atoms with E-state index in [9.17, 15) is 0 Å². The van der Waals surface area contributed by atoms with Crippen molar-refractivity contribution < 1.29 is 4.42 Å². The third-order valence-electron chi connectivity index (χ3n) is 4.35. The molecule has 0 bridgehead atoms. The van der Waals surface area contributed by atoms with Gasteiger partial charge in [0.25, 0.3) is 0 Å². The number of rotatable bonds is 3. The minimum Gasteiger partial charge on any atom is -0.472 e. The maximum absolute atomic E-state index is 5.25. The van der Waals surface area contributed by atoms with E-state index in [1.54, 1.807) is 31.1 Å². The zero-order valence-corrected chi connectivity index (χ0v) is 13.6. The third kappa shape index (κ3) is 2.87. The molecule has 1 atom stereocenters. The van der Waals surface area contributed by atoms with Crippen LogP contribution in [-0.4, -0.2) is 33.0 Å². The van der Waals surface area contributed by atoms with Crippen molar-refractivity contribution in [2.45, 2.75) is 19.8 Å². The zero-order chi connectivity index (χ0) is 16.4. The van der Waals surface area contributed by atoms with Gasteiger partial charge in [-0.25, -0.2) is 9.97 Å². The van der Waals surface area contributed by atoms with Gasteiger partial charge in [-0.1, -0.05) is 6.92 Å². The van der Waals surface area contributed by atoms with E-state index >= 15 is 0 Å². The first-order chi connectivity index (χ1) is 11.8. The summed E-state index contributed by atoms with van der Waals surface area (Å²) in [7, 11) is 0. The Morgan fingerprint density at radius 2 is 2.17 bits per heavy atom. The van der Waals surface area contributed by atoms with Crippen LogP contribution in [0.25, 0.3) is 22.5 Å². The number of hydrogen-bond donors (Lipinski definition) is 0. The molecule has 0 N–H and O–H groups in total. The molecular formula is C18H19N5O. The summed E-state index contributed by atoms with van der Waals surface area (Å²) in [5.41, 5.74) is 3.36. The van der Waals surface area contributed by atoms with E-state index in [-0.39, 0.29) is 0 Å². The quantitative estimate of drug-likeness (QED) is 0.736. The van der Waals surface area contributed by atoms with Crippen LogP contribution in [0, 0.1) is 5.92 Å². The highest BCUT2D eigenvalue weighted by Gasteiger charge is 2.21. The average Bonchev–Trinajstić information content (AvgIpc) is 3.16. The molecule has 6 nitrogen and oxygen atoms in total. The first-order valence-corrected chi connectivity index (χ1v) is 8.22. The molecule has 0 spiro atoms. The number of aromatic nitrogens is 4. The molecule has 4 heterocycles. The molecule has 3 aromatic heterocycles. The highest BCUT2D eigenvalue weighted by Crippen LogP contribution is 2.31. The van der Waals surface area contributed by atoms with Crippen molar-refractivity contribution in [1.82, 2.24) is 19.9 Å². The fraction of sp³-hybridized carbons (Fsp3) is 0.333. The van der Waals surface area contributed by atoms with Crippen LogP contribution in [0.4, 0.5) is 5.95 Å². The summed E-state index contributed by atoms with van der Waals surface area (Å²) in [6.45, 7) is 4.27. The minimum atomic E-state index is 0.666. The van der Waals surface area contributed by atoms with E-state index in [1.165, 1.54) is 12.8 Å². The van der Waals surface area contributed by atoms with Gasteiger partial charge in [-0.2, -0.15) is 0 Å². The standard InChI is InChI=1S/C18H19N5O/c1-13-3-2-7-23(11-13)18-21-9-15(16-10-19-5-6-20-16)17(22-18)14-4-8-24-12-14/h4-6,8-10,12-13H,2-3,7,11H2,1H3. The van der Waals surface area contributed by atoms with Crippen LogP contribution in [-0.2, 0) is 0 Å². The first-order valence-electron chi connectivity index (χ1n) is 8.22. The van der Waals surface area contributed by atoms with Gasteiger partial charge in [-0.3, -0.25) is 9.97 Å². The number of nitrogens with zero attached hydrogens (tertiary/aromatic N) is 5. The van der Waals surface area contributed by atoms with Crippen molar-refractivity contribution in [2.75, 3.05) is 18.0 Å². The lowest BCUT2D eigenvalue weighted by atomic mass is 10.0. The number of piperidine rings is 1. The second-order valence-corrected chi connectivity index (χ2v) is 6.23. The minimum absolute atomic E-state index is 0.666. The molecule has 6 heteroatoms. The maximum Gasteiger partial charge on any atom is 0.225 e. The van der Waals surface area contributed by atoms with Crippen LogP contribution in [0.3, 0.4) is 0 Å². The largest absolute Gasteiger partial charge is 0.472 e. The second-order valence-electron chi connectivity index (χ2n) is 6.23. The van der Waals surface area contributed by atoms with E-state index in [0.717, 1.165) is 41.6 Å². The molecule has 1 unspecified atom stereocenters. The first kappa shape index (κ1) is 14.8. The lowest BCUT2D eigenvalue weighted by Gasteiger charge is -2.31. The monoisotopic (exact) mass is 321 g/mol. The predicted molar refractivity (Wildman–Crippen MR) is 91.4 cm³/mol. The molecule has 1 saturated heterocycles. The predicted octanol–water partition coefficient (Wildman–Crippen LogP) is 3.43. The van der Waals surface area contributed by atoms with Crippen molar-refractivity contribution in [2.24, 2.45) is 5.92 Å². The lowest BCUT2D eigenvalue weighted by molar-refractivity contribution is 0.442. The van der Waals surface area contributed by atoms with Gasteiger partial charge in [0, 0.05) is 42.8 Å². The van der Waals surface area contributed by atoms with Gasteiger partial charge in [-0.15, -0.1) is 0 Å². The van der Waals surface area contributed by atoms with Crippen LogP contribution in [0.15, 0.2) is 47.8 Å². The fourth-order valence-corrected chi connectivity index (χ4v) is 3.14.